The van der Waals surface area contributed by atoms with Crippen molar-refractivity contribution in [2.75, 3.05) is 11.4 Å². The first kappa shape index (κ1) is 18.5. The van der Waals surface area contributed by atoms with Gasteiger partial charge in [-0.05, 0) is 20.8 Å². The molecule has 142 valence electrons. The van der Waals surface area contributed by atoms with E-state index in [9.17, 15) is 18.0 Å². The number of hydrogen-bond acceptors (Lipinski definition) is 7. The van der Waals surface area contributed by atoms with Gasteiger partial charge in [0.15, 0.2) is 0 Å². The minimum absolute atomic E-state index is 0.0771. The Hall–Kier alpha value is -2.27. The van der Waals surface area contributed by atoms with E-state index in [-0.39, 0.29) is 25.5 Å². The zero-order chi connectivity index (χ0) is 19.3. The van der Waals surface area contributed by atoms with Gasteiger partial charge in [0, 0.05) is 24.7 Å². The Bertz CT molecular complexity index is 864. The van der Waals surface area contributed by atoms with E-state index in [1.165, 1.54) is 9.80 Å². The Balaban J connectivity index is 1.75. The van der Waals surface area contributed by atoms with E-state index in [2.05, 4.69) is 9.97 Å². The molecule has 0 spiro atoms. The molecule has 0 bridgehead atoms. The lowest BCUT2D eigenvalue weighted by molar-refractivity contribution is -0.117. The van der Waals surface area contributed by atoms with Crippen molar-refractivity contribution < 1.29 is 22.7 Å². The minimum Gasteiger partial charge on any atom is -0.444 e. The van der Waals surface area contributed by atoms with Crippen molar-refractivity contribution in [3.05, 3.63) is 17.5 Å². The van der Waals surface area contributed by atoms with Gasteiger partial charge in [-0.1, -0.05) is 0 Å². The molecular formula is C15H21N5O5S. The summed E-state index contributed by atoms with van der Waals surface area (Å²) in [6.07, 6.45) is 0.895. The summed E-state index contributed by atoms with van der Waals surface area (Å²) in [6.45, 7) is 5.83. The van der Waals surface area contributed by atoms with Crippen LogP contribution in [0.25, 0.3) is 0 Å². The van der Waals surface area contributed by atoms with Gasteiger partial charge in [0.2, 0.25) is 21.9 Å². The molecule has 2 N–H and O–H groups in total. The Morgan fingerprint density at radius 1 is 1.35 bits per heavy atom. The first-order valence-electron chi connectivity index (χ1n) is 8.09. The Labute approximate surface area is 151 Å². The molecule has 3 rings (SSSR count). The number of amides is 2. The van der Waals surface area contributed by atoms with Crippen LogP contribution in [0, 0.1) is 0 Å². The van der Waals surface area contributed by atoms with Gasteiger partial charge in [0.05, 0.1) is 18.8 Å². The first-order chi connectivity index (χ1) is 11.9. The van der Waals surface area contributed by atoms with E-state index in [0.717, 1.165) is 5.56 Å². The van der Waals surface area contributed by atoms with Crippen molar-refractivity contribution >= 4 is 28.0 Å². The fourth-order valence-corrected chi connectivity index (χ4v) is 3.55. The van der Waals surface area contributed by atoms with Gasteiger partial charge in [0.1, 0.15) is 10.9 Å². The maximum absolute atomic E-state index is 12.2. The number of ether oxygens (including phenoxy) is 1. The summed E-state index contributed by atoms with van der Waals surface area (Å²) in [7, 11) is -3.81. The maximum Gasteiger partial charge on any atom is 0.410 e. The lowest BCUT2D eigenvalue weighted by Crippen LogP contribution is -2.33. The molecule has 1 fully saturated rings. The molecule has 26 heavy (non-hydrogen) atoms. The van der Waals surface area contributed by atoms with Crippen LogP contribution in [-0.2, 0) is 32.6 Å². The highest BCUT2D eigenvalue weighted by Gasteiger charge is 2.39. The first-order valence-corrected chi connectivity index (χ1v) is 9.70. The molecule has 11 heteroatoms. The summed E-state index contributed by atoms with van der Waals surface area (Å²) in [5.74, 6) is -0.281. The molecule has 2 aliphatic rings. The third-order valence-corrected chi connectivity index (χ3v) is 5.34. The predicted octanol–water partition coefficient (Wildman–Crippen LogP) is 0.121. The van der Waals surface area contributed by atoms with Gasteiger partial charge in [-0.15, -0.1) is 0 Å². The van der Waals surface area contributed by atoms with Gasteiger partial charge in [0.25, 0.3) is 0 Å². The van der Waals surface area contributed by atoms with E-state index in [4.69, 9.17) is 9.88 Å². The van der Waals surface area contributed by atoms with Crippen LogP contribution in [0.1, 0.15) is 38.4 Å². The van der Waals surface area contributed by atoms with Crippen LogP contribution < -0.4 is 10.0 Å². The SMILES string of the molecule is CC(C)(C)OC(=O)N1Cc2cnc(N3CC(S(N)(=O)=O)CC3=O)nc2C1. The number of carbonyl (C=O) groups excluding carboxylic acids is 2. The molecule has 1 aromatic rings. The standard InChI is InChI=1S/C15H21N5O5S/c1-15(2,3)25-14(22)19-6-9-5-17-13(18-11(9)8-19)20-7-10(4-12(20)21)26(16,23)24/h5,10H,4,6-8H2,1-3H3,(H2,16,23,24). The number of nitrogens with two attached hydrogens (primary N) is 1. The highest BCUT2D eigenvalue weighted by atomic mass is 32.2. The third kappa shape index (κ3) is 3.78. The molecule has 3 heterocycles. The molecular weight excluding hydrogens is 362 g/mol. The maximum atomic E-state index is 12.2. The summed E-state index contributed by atoms with van der Waals surface area (Å²) >= 11 is 0. The number of nitrogens with zero attached hydrogens (tertiary/aromatic N) is 4. The molecule has 1 atom stereocenters. The predicted molar refractivity (Wildman–Crippen MR) is 91.4 cm³/mol. The van der Waals surface area contributed by atoms with Gasteiger partial charge in [-0.3, -0.25) is 14.6 Å². The number of rotatable bonds is 2. The van der Waals surface area contributed by atoms with Gasteiger partial charge in [-0.25, -0.2) is 28.3 Å². The molecule has 2 amide bonds. The lowest BCUT2D eigenvalue weighted by Gasteiger charge is -2.23. The summed E-state index contributed by atoms with van der Waals surface area (Å²) in [5.41, 5.74) is 0.759. The van der Waals surface area contributed by atoms with Crippen LogP contribution in [0.2, 0.25) is 0 Å². The Morgan fingerprint density at radius 3 is 2.62 bits per heavy atom. The molecule has 2 aliphatic heterocycles. The van der Waals surface area contributed by atoms with Crippen molar-refractivity contribution in [1.82, 2.24) is 14.9 Å². The fourth-order valence-electron chi connectivity index (χ4n) is 2.82. The van der Waals surface area contributed by atoms with Crippen LogP contribution in [0.5, 0.6) is 0 Å². The molecule has 1 unspecified atom stereocenters. The minimum atomic E-state index is -3.81. The van der Waals surface area contributed by atoms with Gasteiger partial charge < -0.3 is 4.74 Å². The highest BCUT2D eigenvalue weighted by molar-refractivity contribution is 7.89. The Morgan fingerprint density at radius 2 is 2.04 bits per heavy atom. The van der Waals surface area contributed by atoms with E-state index in [0.29, 0.717) is 12.2 Å². The van der Waals surface area contributed by atoms with Gasteiger partial charge >= 0.3 is 6.09 Å². The number of anilines is 1. The van der Waals surface area contributed by atoms with Crippen LogP contribution >= 0.6 is 0 Å². The van der Waals surface area contributed by atoms with Crippen LogP contribution in [0.15, 0.2) is 6.20 Å². The van der Waals surface area contributed by atoms with E-state index < -0.39 is 32.9 Å². The van der Waals surface area contributed by atoms with E-state index in [1.807, 2.05) is 0 Å². The van der Waals surface area contributed by atoms with Gasteiger partial charge in [-0.2, -0.15) is 0 Å². The zero-order valence-electron chi connectivity index (χ0n) is 14.8. The normalized spacial score (nSPS) is 20.5. The molecule has 1 saturated heterocycles. The number of primary sulfonamides is 1. The second-order valence-electron chi connectivity index (χ2n) is 7.40. The van der Waals surface area contributed by atoms with Crippen LogP contribution in [-0.4, -0.2) is 52.7 Å². The quantitative estimate of drug-likeness (QED) is 0.766. The third-order valence-electron chi connectivity index (χ3n) is 4.09. The number of hydrogen-bond donors (Lipinski definition) is 1. The molecule has 0 radical (unpaired) electrons. The van der Waals surface area contributed by atoms with Crippen molar-refractivity contribution in [3.8, 4) is 0 Å². The van der Waals surface area contributed by atoms with Crippen molar-refractivity contribution in [2.24, 2.45) is 5.14 Å². The van der Waals surface area contributed by atoms with E-state index >= 15 is 0 Å². The average molecular weight is 383 g/mol. The average Bonchev–Trinajstić information content (AvgIpc) is 3.07. The topological polar surface area (TPSA) is 136 Å². The highest BCUT2D eigenvalue weighted by Crippen LogP contribution is 2.26. The zero-order valence-corrected chi connectivity index (χ0v) is 15.6. The number of fused-ring (bicyclic) bond motifs is 1. The van der Waals surface area contributed by atoms with Crippen LogP contribution in [0.4, 0.5) is 10.7 Å². The fraction of sp³-hybridized carbons (Fsp3) is 0.600. The monoisotopic (exact) mass is 383 g/mol. The largest absolute Gasteiger partial charge is 0.444 e. The number of sulfonamides is 1. The summed E-state index contributed by atoms with van der Waals surface area (Å²) in [4.78, 5) is 35.5. The second kappa shape index (κ2) is 6.16. The van der Waals surface area contributed by atoms with Crippen molar-refractivity contribution in [3.63, 3.8) is 0 Å². The van der Waals surface area contributed by atoms with Crippen molar-refractivity contribution in [2.45, 2.75) is 51.1 Å². The molecule has 1 aromatic heterocycles. The molecule has 10 nitrogen and oxygen atoms in total. The summed E-state index contributed by atoms with van der Waals surface area (Å²) in [6, 6.07) is 0. The summed E-state index contributed by atoms with van der Waals surface area (Å²) in [5, 5.41) is 4.16. The second-order valence-corrected chi connectivity index (χ2v) is 9.24. The van der Waals surface area contributed by atoms with E-state index in [1.54, 1.807) is 27.0 Å². The van der Waals surface area contributed by atoms with Crippen molar-refractivity contribution in [1.29, 1.82) is 0 Å². The van der Waals surface area contributed by atoms with Crippen LogP contribution in [0.3, 0.4) is 0 Å². The number of carbonyl (C=O) groups is 2. The molecule has 0 saturated carbocycles. The molecule has 0 aliphatic carbocycles. The Kier molecular flexibility index (Phi) is 4.39. The smallest absolute Gasteiger partial charge is 0.410 e. The lowest BCUT2D eigenvalue weighted by atomic mass is 10.2. The molecule has 0 aromatic carbocycles. The summed E-state index contributed by atoms with van der Waals surface area (Å²) < 4.78 is 28.3. The number of aromatic nitrogens is 2.